The predicted octanol–water partition coefficient (Wildman–Crippen LogP) is 2.60. The van der Waals surface area contributed by atoms with E-state index in [0.29, 0.717) is 5.41 Å². The Morgan fingerprint density at radius 1 is 1.39 bits per heavy atom. The van der Waals surface area contributed by atoms with Crippen LogP contribution in [0.25, 0.3) is 0 Å². The van der Waals surface area contributed by atoms with Gasteiger partial charge in [0.15, 0.2) is 0 Å². The van der Waals surface area contributed by atoms with Gasteiger partial charge in [-0.2, -0.15) is 0 Å². The van der Waals surface area contributed by atoms with Crippen molar-refractivity contribution in [1.29, 1.82) is 0 Å². The van der Waals surface area contributed by atoms with E-state index >= 15 is 0 Å². The Labute approximate surface area is 110 Å². The molecule has 2 N–H and O–H groups in total. The molecule has 1 saturated heterocycles. The van der Waals surface area contributed by atoms with Crippen LogP contribution in [0.15, 0.2) is 18.3 Å². The lowest BCUT2D eigenvalue weighted by atomic mass is 9.82. The fourth-order valence-corrected chi connectivity index (χ4v) is 2.55. The molecule has 0 spiro atoms. The number of pyridine rings is 1. The number of piperidine rings is 1. The van der Waals surface area contributed by atoms with Crippen molar-refractivity contribution in [3.63, 3.8) is 0 Å². The van der Waals surface area contributed by atoms with Gasteiger partial charge in [-0.1, -0.05) is 19.9 Å². The van der Waals surface area contributed by atoms with Crippen molar-refractivity contribution in [2.45, 2.75) is 46.1 Å². The maximum atomic E-state index is 5.92. The maximum Gasteiger partial charge on any atom is 0.131 e. The molecule has 2 heterocycles. The molecular weight excluding hydrogens is 222 g/mol. The number of aromatic nitrogens is 1. The first-order valence-electron chi connectivity index (χ1n) is 6.92. The third-order valence-corrected chi connectivity index (χ3v) is 3.83. The van der Waals surface area contributed by atoms with Crippen LogP contribution in [0, 0.1) is 5.41 Å². The molecular formula is C15H25N3. The summed E-state index contributed by atoms with van der Waals surface area (Å²) in [4.78, 5) is 6.99. The molecule has 1 aliphatic rings. The molecule has 0 aliphatic carbocycles. The van der Waals surface area contributed by atoms with Crippen LogP contribution < -0.4 is 10.6 Å². The van der Waals surface area contributed by atoms with Crippen molar-refractivity contribution in [2.75, 3.05) is 18.0 Å². The van der Waals surface area contributed by atoms with Gasteiger partial charge in [0.25, 0.3) is 0 Å². The lowest BCUT2D eigenvalue weighted by molar-refractivity contribution is 0.279. The first kappa shape index (κ1) is 13.3. The topological polar surface area (TPSA) is 42.1 Å². The van der Waals surface area contributed by atoms with Gasteiger partial charge in [-0.25, -0.2) is 4.98 Å². The van der Waals surface area contributed by atoms with E-state index in [9.17, 15) is 0 Å². The minimum atomic E-state index is 0.189. The number of nitrogens with two attached hydrogens (primary N) is 1. The summed E-state index contributed by atoms with van der Waals surface area (Å²) < 4.78 is 0. The van der Waals surface area contributed by atoms with E-state index in [2.05, 4.69) is 36.7 Å². The van der Waals surface area contributed by atoms with Crippen molar-refractivity contribution >= 4 is 5.82 Å². The molecule has 3 nitrogen and oxygen atoms in total. The highest BCUT2D eigenvalue weighted by Crippen LogP contribution is 2.32. The number of anilines is 1. The minimum absolute atomic E-state index is 0.189. The molecule has 1 aromatic heterocycles. The summed E-state index contributed by atoms with van der Waals surface area (Å²) in [5.41, 5.74) is 7.68. The highest BCUT2D eigenvalue weighted by Gasteiger charge is 2.26. The van der Waals surface area contributed by atoms with Crippen molar-refractivity contribution in [2.24, 2.45) is 11.1 Å². The van der Waals surface area contributed by atoms with Crippen LogP contribution in [0.3, 0.4) is 0 Å². The summed E-state index contributed by atoms with van der Waals surface area (Å²) in [7, 11) is 0. The maximum absolute atomic E-state index is 5.92. The number of rotatable bonds is 3. The molecule has 18 heavy (non-hydrogen) atoms. The van der Waals surface area contributed by atoms with Gasteiger partial charge in [-0.15, -0.1) is 0 Å². The van der Waals surface area contributed by atoms with Crippen LogP contribution in [0.4, 0.5) is 5.82 Å². The lowest BCUT2D eigenvalue weighted by Gasteiger charge is -2.38. The largest absolute Gasteiger partial charge is 0.356 e. The smallest absolute Gasteiger partial charge is 0.131 e. The van der Waals surface area contributed by atoms with Gasteiger partial charge >= 0.3 is 0 Å². The van der Waals surface area contributed by atoms with Crippen molar-refractivity contribution in [3.8, 4) is 0 Å². The van der Waals surface area contributed by atoms with Crippen molar-refractivity contribution in [3.05, 3.63) is 23.9 Å². The average Bonchev–Trinajstić information content (AvgIpc) is 2.29. The van der Waals surface area contributed by atoms with E-state index in [4.69, 9.17) is 5.73 Å². The van der Waals surface area contributed by atoms with E-state index in [1.807, 2.05) is 12.3 Å². The molecule has 1 aliphatic heterocycles. The lowest BCUT2D eigenvalue weighted by Crippen LogP contribution is -2.38. The van der Waals surface area contributed by atoms with Crippen LogP contribution in [-0.2, 0) is 6.42 Å². The summed E-state index contributed by atoms with van der Waals surface area (Å²) in [5.74, 6) is 1.14. The van der Waals surface area contributed by atoms with Crippen LogP contribution in [0.5, 0.6) is 0 Å². The Balaban J connectivity index is 2.13. The monoisotopic (exact) mass is 247 g/mol. The Morgan fingerprint density at radius 3 is 2.67 bits per heavy atom. The molecule has 1 aromatic rings. The van der Waals surface area contributed by atoms with E-state index < -0.39 is 0 Å². The molecule has 0 saturated carbocycles. The molecule has 1 unspecified atom stereocenters. The molecule has 0 radical (unpaired) electrons. The zero-order chi connectivity index (χ0) is 13.2. The van der Waals surface area contributed by atoms with Crippen molar-refractivity contribution < 1.29 is 0 Å². The fraction of sp³-hybridized carbons (Fsp3) is 0.667. The van der Waals surface area contributed by atoms with Gasteiger partial charge in [-0.3, -0.25) is 0 Å². The highest BCUT2D eigenvalue weighted by molar-refractivity contribution is 5.47. The van der Waals surface area contributed by atoms with Crippen LogP contribution in [0.1, 0.15) is 39.2 Å². The van der Waals surface area contributed by atoms with Crippen molar-refractivity contribution in [1.82, 2.24) is 4.98 Å². The fourth-order valence-electron chi connectivity index (χ4n) is 2.55. The second-order valence-corrected chi connectivity index (χ2v) is 6.32. The summed E-state index contributed by atoms with van der Waals surface area (Å²) in [6, 6.07) is 4.36. The predicted molar refractivity (Wildman–Crippen MR) is 76.8 cm³/mol. The number of hydrogen-bond acceptors (Lipinski definition) is 3. The standard InChI is InChI=1S/C15H25N3/c1-12(16)11-13-5-4-8-17-14(13)18-9-6-15(2,3)7-10-18/h4-5,8,12H,6-7,9-11,16H2,1-3H3. The molecule has 100 valence electrons. The molecule has 1 fully saturated rings. The second kappa shape index (κ2) is 5.27. The minimum Gasteiger partial charge on any atom is -0.356 e. The third kappa shape index (κ3) is 3.22. The summed E-state index contributed by atoms with van der Waals surface area (Å²) in [6.07, 6.45) is 5.27. The molecule has 0 bridgehead atoms. The first-order chi connectivity index (χ1) is 8.48. The molecule has 2 rings (SSSR count). The van der Waals surface area contributed by atoms with Gasteiger partial charge in [0.2, 0.25) is 0 Å². The summed E-state index contributed by atoms with van der Waals surface area (Å²) in [6.45, 7) is 8.97. The quantitative estimate of drug-likeness (QED) is 0.892. The van der Waals surface area contributed by atoms with E-state index in [-0.39, 0.29) is 6.04 Å². The van der Waals surface area contributed by atoms with Crippen LogP contribution in [-0.4, -0.2) is 24.1 Å². The molecule has 0 aromatic carbocycles. The Morgan fingerprint density at radius 2 is 2.06 bits per heavy atom. The van der Waals surface area contributed by atoms with Crippen LogP contribution >= 0.6 is 0 Å². The van der Waals surface area contributed by atoms with E-state index in [1.54, 1.807) is 0 Å². The van der Waals surface area contributed by atoms with Gasteiger partial charge in [0, 0.05) is 25.3 Å². The first-order valence-corrected chi connectivity index (χ1v) is 6.92. The Bertz CT molecular complexity index is 388. The average molecular weight is 247 g/mol. The molecule has 1 atom stereocenters. The van der Waals surface area contributed by atoms with E-state index in [0.717, 1.165) is 25.3 Å². The van der Waals surface area contributed by atoms with Gasteiger partial charge in [0.05, 0.1) is 0 Å². The Kier molecular flexibility index (Phi) is 3.91. The van der Waals surface area contributed by atoms with Gasteiger partial charge < -0.3 is 10.6 Å². The molecule has 3 heteroatoms. The van der Waals surface area contributed by atoms with Gasteiger partial charge in [0.1, 0.15) is 5.82 Å². The zero-order valence-electron chi connectivity index (χ0n) is 11.8. The van der Waals surface area contributed by atoms with E-state index in [1.165, 1.54) is 18.4 Å². The summed E-state index contributed by atoms with van der Waals surface area (Å²) in [5, 5.41) is 0. The highest BCUT2D eigenvalue weighted by atomic mass is 15.2. The Hall–Kier alpha value is -1.09. The number of nitrogens with zero attached hydrogens (tertiary/aromatic N) is 2. The third-order valence-electron chi connectivity index (χ3n) is 3.83. The van der Waals surface area contributed by atoms with Gasteiger partial charge in [-0.05, 0) is 43.2 Å². The second-order valence-electron chi connectivity index (χ2n) is 6.32. The van der Waals surface area contributed by atoms with Crippen LogP contribution in [0.2, 0.25) is 0 Å². The zero-order valence-corrected chi connectivity index (χ0v) is 11.8. The molecule has 0 amide bonds. The number of hydrogen-bond donors (Lipinski definition) is 1. The normalized spacial score (nSPS) is 20.8. The summed E-state index contributed by atoms with van der Waals surface area (Å²) >= 11 is 0. The SMILES string of the molecule is CC(N)Cc1cccnc1N1CCC(C)(C)CC1.